The lowest BCUT2D eigenvalue weighted by Gasteiger charge is -2.18. The minimum absolute atomic E-state index is 0.473. The van der Waals surface area contributed by atoms with Gasteiger partial charge in [-0.3, -0.25) is 0 Å². The van der Waals surface area contributed by atoms with E-state index in [1.807, 2.05) is 6.07 Å². The van der Waals surface area contributed by atoms with Crippen molar-refractivity contribution in [2.75, 3.05) is 29.9 Å². The zero-order valence-electron chi connectivity index (χ0n) is 12.6. The van der Waals surface area contributed by atoms with Gasteiger partial charge >= 0.3 is 0 Å². The fourth-order valence-corrected chi connectivity index (χ4v) is 2.74. The van der Waals surface area contributed by atoms with E-state index in [1.54, 1.807) is 30.6 Å². The van der Waals surface area contributed by atoms with Crippen LogP contribution in [0, 0.1) is 28.6 Å². The second kappa shape index (κ2) is 6.76. The van der Waals surface area contributed by atoms with Crippen LogP contribution >= 0.6 is 0 Å². The van der Waals surface area contributed by atoms with Crippen LogP contribution < -0.4 is 10.2 Å². The second-order valence-electron chi connectivity index (χ2n) is 5.51. The normalized spacial score (nSPS) is 16.6. The first-order valence-corrected chi connectivity index (χ1v) is 7.50. The Morgan fingerprint density at radius 1 is 1.22 bits per heavy atom. The molecular formula is C17H16N6. The highest BCUT2D eigenvalue weighted by Gasteiger charge is 2.24. The predicted molar refractivity (Wildman–Crippen MR) is 86.7 cm³/mol. The van der Waals surface area contributed by atoms with Crippen LogP contribution in [-0.4, -0.2) is 29.6 Å². The van der Waals surface area contributed by atoms with Gasteiger partial charge < -0.3 is 10.2 Å². The lowest BCUT2D eigenvalue weighted by Crippen LogP contribution is -2.24. The highest BCUT2D eigenvalue weighted by molar-refractivity contribution is 5.54. The minimum atomic E-state index is 0.473. The molecule has 0 unspecified atom stereocenters. The van der Waals surface area contributed by atoms with Gasteiger partial charge in [-0.05, 0) is 36.6 Å². The van der Waals surface area contributed by atoms with E-state index in [0.717, 1.165) is 37.7 Å². The maximum atomic E-state index is 9.18. The number of rotatable bonds is 4. The molecule has 1 atom stereocenters. The predicted octanol–water partition coefficient (Wildman–Crippen LogP) is 2.16. The third-order valence-corrected chi connectivity index (χ3v) is 3.96. The van der Waals surface area contributed by atoms with Gasteiger partial charge in [-0.2, -0.15) is 10.5 Å². The van der Waals surface area contributed by atoms with Crippen molar-refractivity contribution in [2.24, 2.45) is 5.92 Å². The summed E-state index contributed by atoms with van der Waals surface area (Å²) < 4.78 is 0. The van der Waals surface area contributed by atoms with Gasteiger partial charge in [0.1, 0.15) is 23.8 Å². The Kier molecular flexibility index (Phi) is 4.35. The minimum Gasteiger partial charge on any atom is -0.370 e. The van der Waals surface area contributed by atoms with Crippen LogP contribution in [0.3, 0.4) is 0 Å². The Hall–Kier alpha value is -3.12. The van der Waals surface area contributed by atoms with Crippen LogP contribution in [0.5, 0.6) is 0 Å². The molecule has 0 amide bonds. The average molecular weight is 304 g/mol. The Balaban J connectivity index is 1.58. The lowest BCUT2D eigenvalue weighted by atomic mass is 10.1. The largest absolute Gasteiger partial charge is 0.370 e. The Labute approximate surface area is 135 Å². The smallest absolute Gasteiger partial charge is 0.146 e. The zero-order valence-corrected chi connectivity index (χ0v) is 12.6. The first kappa shape index (κ1) is 14.8. The van der Waals surface area contributed by atoms with E-state index in [1.165, 1.54) is 0 Å². The number of nitriles is 2. The van der Waals surface area contributed by atoms with Crippen LogP contribution in [0.15, 0.2) is 36.7 Å². The van der Waals surface area contributed by atoms with E-state index in [2.05, 4.69) is 32.3 Å². The summed E-state index contributed by atoms with van der Waals surface area (Å²) in [4.78, 5) is 10.7. The highest BCUT2D eigenvalue weighted by atomic mass is 15.2. The summed E-state index contributed by atoms with van der Waals surface area (Å²) in [7, 11) is 0. The molecule has 1 aliphatic heterocycles. The van der Waals surface area contributed by atoms with Crippen LogP contribution in [0.1, 0.15) is 17.5 Å². The molecule has 2 aromatic rings. The quantitative estimate of drug-likeness (QED) is 0.931. The van der Waals surface area contributed by atoms with E-state index in [9.17, 15) is 5.26 Å². The maximum Gasteiger partial charge on any atom is 0.146 e. The first-order chi connectivity index (χ1) is 11.3. The van der Waals surface area contributed by atoms with Gasteiger partial charge in [0.05, 0.1) is 11.1 Å². The summed E-state index contributed by atoms with van der Waals surface area (Å²) in [6.45, 7) is 2.58. The Morgan fingerprint density at radius 2 is 2.13 bits per heavy atom. The number of aromatic nitrogens is 2. The molecule has 1 saturated heterocycles. The number of nitrogens with zero attached hydrogens (tertiary/aromatic N) is 5. The van der Waals surface area contributed by atoms with Crippen molar-refractivity contribution in [1.29, 1.82) is 10.5 Å². The van der Waals surface area contributed by atoms with Gasteiger partial charge in [0, 0.05) is 32.0 Å². The first-order valence-electron chi connectivity index (χ1n) is 7.50. The van der Waals surface area contributed by atoms with Crippen LogP contribution in [0.4, 0.5) is 11.6 Å². The number of pyridine rings is 2. The average Bonchev–Trinajstić information content (AvgIpc) is 3.09. The van der Waals surface area contributed by atoms with Gasteiger partial charge in [0.15, 0.2) is 0 Å². The molecule has 0 aliphatic carbocycles. The van der Waals surface area contributed by atoms with Crippen molar-refractivity contribution < 1.29 is 0 Å². The van der Waals surface area contributed by atoms with E-state index in [0.29, 0.717) is 17.0 Å². The van der Waals surface area contributed by atoms with E-state index >= 15 is 0 Å². The van der Waals surface area contributed by atoms with E-state index in [-0.39, 0.29) is 0 Å². The molecule has 0 aromatic carbocycles. The Bertz CT molecular complexity index is 756. The van der Waals surface area contributed by atoms with Crippen molar-refractivity contribution in [3.05, 3.63) is 47.8 Å². The number of anilines is 2. The van der Waals surface area contributed by atoms with Crippen molar-refractivity contribution >= 4 is 11.6 Å². The summed E-state index contributed by atoms with van der Waals surface area (Å²) in [6, 6.07) is 11.4. The monoisotopic (exact) mass is 304 g/mol. The summed E-state index contributed by atoms with van der Waals surface area (Å²) in [6.07, 6.45) is 4.34. The SMILES string of the molecule is N#Cc1ccc(NC[C@@H]2CCN(c3ncccc3C#N)C2)nc1. The number of hydrogen-bond donors (Lipinski definition) is 1. The molecule has 3 rings (SSSR count). The summed E-state index contributed by atoms with van der Waals surface area (Å²) in [5.74, 6) is 2.02. The molecule has 0 spiro atoms. The fraction of sp³-hybridized carbons (Fsp3) is 0.294. The van der Waals surface area contributed by atoms with E-state index < -0.39 is 0 Å². The highest BCUT2D eigenvalue weighted by Crippen LogP contribution is 2.24. The van der Waals surface area contributed by atoms with Gasteiger partial charge in [-0.1, -0.05) is 0 Å². The lowest BCUT2D eigenvalue weighted by molar-refractivity contribution is 0.621. The molecule has 0 radical (unpaired) electrons. The van der Waals surface area contributed by atoms with Gasteiger partial charge in [-0.15, -0.1) is 0 Å². The standard InChI is InChI=1S/C17H16N6/c18-8-13-3-4-16(21-10-13)22-11-14-5-7-23(12-14)17-15(9-19)2-1-6-20-17/h1-4,6,10,14H,5,7,11-12H2,(H,21,22)/t14-/m0/s1. The van der Waals surface area contributed by atoms with Crippen molar-refractivity contribution in [3.8, 4) is 12.1 Å². The topological polar surface area (TPSA) is 88.6 Å². The van der Waals surface area contributed by atoms with Crippen LogP contribution in [0.2, 0.25) is 0 Å². The summed E-state index contributed by atoms with van der Waals surface area (Å²) in [5, 5.41) is 21.3. The number of nitrogens with one attached hydrogen (secondary N) is 1. The van der Waals surface area contributed by atoms with Gasteiger partial charge in [-0.25, -0.2) is 9.97 Å². The molecule has 1 fully saturated rings. The molecule has 0 bridgehead atoms. The zero-order chi connectivity index (χ0) is 16.1. The van der Waals surface area contributed by atoms with Gasteiger partial charge in [0.2, 0.25) is 0 Å². The van der Waals surface area contributed by atoms with Crippen molar-refractivity contribution in [3.63, 3.8) is 0 Å². The molecule has 0 saturated carbocycles. The molecule has 114 valence electrons. The van der Waals surface area contributed by atoms with Crippen LogP contribution in [0.25, 0.3) is 0 Å². The second-order valence-corrected chi connectivity index (χ2v) is 5.51. The molecule has 1 aliphatic rings. The molecule has 6 nitrogen and oxygen atoms in total. The Morgan fingerprint density at radius 3 is 2.87 bits per heavy atom. The summed E-state index contributed by atoms with van der Waals surface area (Å²) >= 11 is 0. The molecule has 23 heavy (non-hydrogen) atoms. The van der Waals surface area contributed by atoms with Crippen molar-refractivity contribution in [1.82, 2.24) is 9.97 Å². The summed E-state index contributed by atoms with van der Waals surface area (Å²) in [5.41, 5.74) is 1.18. The molecule has 6 heteroatoms. The molecular weight excluding hydrogens is 288 g/mol. The van der Waals surface area contributed by atoms with E-state index in [4.69, 9.17) is 5.26 Å². The van der Waals surface area contributed by atoms with Crippen LogP contribution in [-0.2, 0) is 0 Å². The fourth-order valence-electron chi connectivity index (χ4n) is 2.74. The third-order valence-electron chi connectivity index (χ3n) is 3.96. The maximum absolute atomic E-state index is 9.18. The number of hydrogen-bond acceptors (Lipinski definition) is 6. The molecule has 3 heterocycles. The van der Waals surface area contributed by atoms with Crippen molar-refractivity contribution in [2.45, 2.75) is 6.42 Å². The van der Waals surface area contributed by atoms with Gasteiger partial charge in [0.25, 0.3) is 0 Å². The third kappa shape index (κ3) is 3.38. The molecule has 2 aromatic heterocycles. The molecule has 1 N–H and O–H groups in total.